The summed E-state index contributed by atoms with van der Waals surface area (Å²) in [5.41, 5.74) is -0.945. The monoisotopic (exact) mass is 170 g/mol. The molecule has 0 saturated heterocycles. The lowest BCUT2D eigenvalue weighted by molar-refractivity contribution is -0.154. The van der Waals surface area contributed by atoms with Crippen molar-refractivity contribution >= 4 is 5.97 Å². The zero-order valence-corrected chi connectivity index (χ0v) is 7.92. The lowest BCUT2D eigenvalue weighted by atomic mass is 9.97. The average molecular weight is 170 g/mol. The second kappa shape index (κ2) is 2.54. The van der Waals surface area contributed by atoms with E-state index in [4.69, 9.17) is 4.74 Å². The lowest BCUT2D eigenvalue weighted by Crippen LogP contribution is -2.30. The van der Waals surface area contributed by atoms with Gasteiger partial charge in [-0.05, 0) is 20.8 Å². The molecule has 0 aromatic heterocycles. The van der Waals surface area contributed by atoms with Crippen LogP contribution >= 0.6 is 0 Å². The van der Waals surface area contributed by atoms with Crippen molar-refractivity contribution in [3.63, 3.8) is 0 Å². The van der Waals surface area contributed by atoms with Crippen molar-refractivity contribution in [1.29, 1.82) is 0 Å². The molecular formula is C8H14N2O2. The summed E-state index contributed by atoms with van der Waals surface area (Å²) in [5.74, 6) is -0.311. The van der Waals surface area contributed by atoms with Gasteiger partial charge in [0.25, 0.3) is 0 Å². The average Bonchev–Trinajstić information content (AvgIpc) is 2.03. The Labute approximate surface area is 72.0 Å². The van der Waals surface area contributed by atoms with Gasteiger partial charge in [0.05, 0.1) is 5.54 Å². The van der Waals surface area contributed by atoms with Crippen molar-refractivity contribution in [3.05, 3.63) is 0 Å². The van der Waals surface area contributed by atoms with Crippen LogP contribution in [0.3, 0.4) is 0 Å². The van der Waals surface area contributed by atoms with E-state index in [1.54, 1.807) is 6.92 Å². The van der Waals surface area contributed by atoms with Crippen LogP contribution in [0.25, 0.3) is 0 Å². The standard InChI is InChI=1S/C8H14N2O2/c1-6(11)12-8(4)5-7(2,3)9-10-8/h5H2,1-4H3. The van der Waals surface area contributed by atoms with Crippen molar-refractivity contribution in [1.82, 2.24) is 0 Å². The molecule has 4 nitrogen and oxygen atoms in total. The molecule has 0 radical (unpaired) electrons. The molecule has 0 aromatic rings. The maximum Gasteiger partial charge on any atom is 0.304 e. The number of rotatable bonds is 1. The molecule has 4 heteroatoms. The Bertz CT molecular complexity index is 235. The maximum atomic E-state index is 10.7. The van der Waals surface area contributed by atoms with E-state index in [9.17, 15) is 4.79 Å². The van der Waals surface area contributed by atoms with Gasteiger partial charge in [0.15, 0.2) is 0 Å². The van der Waals surface area contributed by atoms with Gasteiger partial charge in [0, 0.05) is 13.3 Å². The number of carbonyl (C=O) groups is 1. The lowest BCUT2D eigenvalue weighted by Gasteiger charge is -2.21. The van der Waals surface area contributed by atoms with Crippen molar-refractivity contribution in [3.8, 4) is 0 Å². The van der Waals surface area contributed by atoms with Crippen LogP contribution in [-0.4, -0.2) is 17.2 Å². The van der Waals surface area contributed by atoms with Gasteiger partial charge >= 0.3 is 5.97 Å². The van der Waals surface area contributed by atoms with Crippen LogP contribution < -0.4 is 0 Å². The van der Waals surface area contributed by atoms with Gasteiger partial charge in [-0.25, -0.2) is 0 Å². The summed E-state index contributed by atoms with van der Waals surface area (Å²) in [7, 11) is 0. The van der Waals surface area contributed by atoms with Gasteiger partial charge < -0.3 is 4.74 Å². The summed E-state index contributed by atoms with van der Waals surface area (Å²) in [6.07, 6.45) is 0.652. The number of carbonyl (C=O) groups excluding carboxylic acids is 1. The Hall–Kier alpha value is -0.930. The smallest absolute Gasteiger partial charge is 0.304 e. The first-order chi connectivity index (χ1) is 5.33. The molecule has 1 rings (SSSR count). The molecule has 0 fully saturated rings. The fraction of sp³-hybridized carbons (Fsp3) is 0.875. The SMILES string of the molecule is CC(=O)OC1(C)CC(C)(C)N=N1. The Balaban J connectivity index is 2.67. The highest BCUT2D eigenvalue weighted by Gasteiger charge is 2.40. The maximum absolute atomic E-state index is 10.7. The first-order valence-electron chi connectivity index (χ1n) is 3.97. The van der Waals surface area contributed by atoms with Gasteiger partial charge in [-0.1, -0.05) is 0 Å². The minimum Gasteiger partial charge on any atom is -0.436 e. The van der Waals surface area contributed by atoms with Crippen LogP contribution in [0.15, 0.2) is 10.2 Å². The van der Waals surface area contributed by atoms with Crippen LogP contribution in [0.5, 0.6) is 0 Å². The molecule has 0 spiro atoms. The first-order valence-corrected chi connectivity index (χ1v) is 3.97. The first kappa shape index (κ1) is 9.16. The quantitative estimate of drug-likeness (QED) is 0.564. The molecule has 0 N–H and O–H groups in total. The normalized spacial score (nSPS) is 32.0. The zero-order valence-electron chi connectivity index (χ0n) is 7.92. The number of hydrogen-bond donors (Lipinski definition) is 0. The number of azo groups is 1. The van der Waals surface area contributed by atoms with E-state index in [2.05, 4.69) is 10.2 Å². The Morgan fingerprint density at radius 2 is 1.92 bits per heavy atom. The number of nitrogens with zero attached hydrogens (tertiary/aromatic N) is 2. The van der Waals surface area contributed by atoms with Gasteiger partial charge in [0.1, 0.15) is 0 Å². The topological polar surface area (TPSA) is 51.0 Å². The molecule has 1 unspecified atom stereocenters. The fourth-order valence-electron chi connectivity index (χ4n) is 1.48. The molecule has 0 bridgehead atoms. The highest BCUT2D eigenvalue weighted by atomic mass is 16.6. The van der Waals surface area contributed by atoms with E-state index in [1.807, 2.05) is 13.8 Å². The van der Waals surface area contributed by atoms with E-state index >= 15 is 0 Å². The Kier molecular flexibility index (Phi) is 1.94. The molecule has 1 atom stereocenters. The summed E-state index contributed by atoms with van der Waals surface area (Å²) in [6, 6.07) is 0. The van der Waals surface area contributed by atoms with Crippen LogP contribution in [-0.2, 0) is 9.53 Å². The molecule has 0 aromatic carbocycles. The van der Waals surface area contributed by atoms with Crippen molar-refractivity contribution in [2.75, 3.05) is 0 Å². The third-order valence-corrected chi connectivity index (χ3v) is 1.66. The van der Waals surface area contributed by atoms with Gasteiger partial charge in [-0.2, -0.15) is 5.11 Å². The summed E-state index contributed by atoms with van der Waals surface area (Å²) in [4.78, 5) is 10.7. The van der Waals surface area contributed by atoms with Crippen LogP contribution in [0, 0.1) is 0 Å². The molecule has 12 heavy (non-hydrogen) atoms. The number of esters is 1. The fourth-order valence-corrected chi connectivity index (χ4v) is 1.48. The molecule has 0 amide bonds. The predicted octanol–water partition coefficient (Wildman–Crippen LogP) is 1.90. The van der Waals surface area contributed by atoms with Gasteiger partial charge in [-0.15, -0.1) is 5.11 Å². The highest BCUT2D eigenvalue weighted by molar-refractivity contribution is 5.66. The molecule has 68 valence electrons. The van der Waals surface area contributed by atoms with Crippen molar-refractivity contribution in [2.45, 2.75) is 45.4 Å². The Morgan fingerprint density at radius 3 is 2.25 bits per heavy atom. The van der Waals surface area contributed by atoms with Crippen molar-refractivity contribution < 1.29 is 9.53 Å². The van der Waals surface area contributed by atoms with Gasteiger partial charge in [0.2, 0.25) is 5.72 Å². The van der Waals surface area contributed by atoms with Crippen LogP contribution in [0.4, 0.5) is 0 Å². The molecule has 1 aliphatic rings. The summed E-state index contributed by atoms with van der Waals surface area (Å²) in [5, 5.41) is 7.96. The predicted molar refractivity (Wildman–Crippen MR) is 43.7 cm³/mol. The third-order valence-electron chi connectivity index (χ3n) is 1.66. The number of hydrogen-bond acceptors (Lipinski definition) is 4. The Morgan fingerprint density at radius 1 is 1.33 bits per heavy atom. The second-order valence-electron chi connectivity index (χ2n) is 3.96. The minimum absolute atomic E-state index is 0.204. The summed E-state index contributed by atoms with van der Waals surface area (Å²) >= 11 is 0. The van der Waals surface area contributed by atoms with Crippen molar-refractivity contribution in [2.24, 2.45) is 10.2 Å². The second-order valence-corrected chi connectivity index (χ2v) is 3.96. The molecule has 0 saturated carbocycles. The third kappa shape index (κ3) is 2.03. The molecule has 1 heterocycles. The van der Waals surface area contributed by atoms with Crippen LogP contribution in [0.2, 0.25) is 0 Å². The largest absolute Gasteiger partial charge is 0.436 e. The highest BCUT2D eigenvalue weighted by Crippen LogP contribution is 2.35. The van der Waals surface area contributed by atoms with Crippen LogP contribution in [0.1, 0.15) is 34.1 Å². The summed E-state index contributed by atoms with van der Waals surface area (Å²) < 4.78 is 5.03. The van der Waals surface area contributed by atoms with E-state index in [-0.39, 0.29) is 11.5 Å². The van der Waals surface area contributed by atoms with E-state index in [1.165, 1.54) is 6.92 Å². The summed E-state index contributed by atoms with van der Waals surface area (Å²) in [6.45, 7) is 7.08. The number of ether oxygens (including phenoxy) is 1. The van der Waals surface area contributed by atoms with E-state index in [0.29, 0.717) is 6.42 Å². The van der Waals surface area contributed by atoms with E-state index in [0.717, 1.165) is 0 Å². The molecular weight excluding hydrogens is 156 g/mol. The zero-order chi connectivity index (χ0) is 9.41. The minimum atomic E-state index is -0.741. The molecule has 1 aliphatic heterocycles. The molecule has 0 aliphatic carbocycles. The van der Waals surface area contributed by atoms with E-state index < -0.39 is 5.72 Å². The van der Waals surface area contributed by atoms with Gasteiger partial charge in [-0.3, -0.25) is 4.79 Å².